The van der Waals surface area contributed by atoms with E-state index in [0.717, 1.165) is 5.56 Å². The fourth-order valence-electron chi connectivity index (χ4n) is 2.02. The molecule has 0 spiro atoms. The highest BCUT2D eigenvalue weighted by Crippen LogP contribution is 2.28. The number of aliphatic hydroxyl groups excluding tert-OH is 2. The van der Waals surface area contributed by atoms with Crippen LogP contribution in [-0.2, 0) is 20.7 Å². The van der Waals surface area contributed by atoms with E-state index >= 15 is 0 Å². The first-order chi connectivity index (χ1) is 9.01. The number of hydrogen-bond acceptors (Lipinski definition) is 5. The van der Waals surface area contributed by atoms with Gasteiger partial charge in [-0.3, -0.25) is 9.59 Å². The van der Waals surface area contributed by atoms with Gasteiger partial charge in [-0.2, -0.15) is 0 Å². The van der Waals surface area contributed by atoms with Crippen LogP contribution in [0.1, 0.15) is 23.7 Å². The van der Waals surface area contributed by atoms with E-state index in [1.807, 2.05) is 0 Å². The van der Waals surface area contributed by atoms with Crippen molar-refractivity contribution < 1.29 is 24.5 Å². The summed E-state index contributed by atoms with van der Waals surface area (Å²) in [6.45, 7) is 0. The highest BCUT2D eigenvalue weighted by Gasteiger charge is 2.24. The Labute approximate surface area is 110 Å². The SMILES string of the molecule is COC(=O)CC(O)C(O)c1ccc2c(c1)CC(=O)N2. The molecule has 1 heterocycles. The largest absolute Gasteiger partial charge is 0.469 e. The zero-order chi connectivity index (χ0) is 14.0. The number of methoxy groups -OCH3 is 1. The van der Waals surface area contributed by atoms with Crippen LogP contribution in [0.5, 0.6) is 0 Å². The summed E-state index contributed by atoms with van der Waals surface area (Å²) in [5.41, 5.74) is 1.95. The molecule has 2 unspecified atom stereocenters. The molecular formula is C13H15NO5. The smallest absolute Gasteiger partial charge is 0.308 e. The van der Waals surface area contributed by atoms with Crippen LogP contribution < -0.4 is 5.32 Å². The zero-order valence-corrected chi connectivity index (χ0v) is 10.4. The third-order valence-electron chi connectivity index (χ3n) is 3.06. The van der Waals surface area contributed by atoms with Crippen molar-refractivity contribution in [2.24, 2.45) is 0 Å². The van der Waals surface area contributed by atoms with Crippen molar-refractivity contribution in [1.82, 2.24) is 0 Å². The molecule has 0 fully saturated rings. The number of rotatable bonds is 4. The lowest BCUT2D eigenvalue weighted by Gasteiger charge is -2.17. The fourth-order valence-corrected chi connectivity index (χ4v) is 2.02. The lowest BCUT2D eigenvalue weighted by Crippen LogP contribution is -2.22. The molecule has 0 radical (unpaired) electrons. The molecule has 2 atom stereocenters. The lowest BCUT2D eigenvalue weighted by atomic mass is 9.99. The number of amides is 1. The highest BCUT2D eigenvalue weighted by atomic mass is 16.5. The monoisotopic (exact) mass is 265 g/mol. The molecule has 102 valence electrons. The lowest BCUT2D eigenvalue weighted by molar-refractivity contribution is -0.144. The van der Waals surface area contributed by atoms with Crippen LogP contribution in [-0.4, -0.2) is 35.3 Å². The molecule has 1 amide bonds. The predicted molar refractivity (Wildman–Crippen MR) is 66.4 cm³/mol. The summed E-state index contributed by atoms with van der Waals surface area (Å²) < 4.78 is 4.43. The number of ether oxygens (including phenoxy) is 1. The summed E-state index contributed by atoms with van der Waals surface area (Å²) in [6, 6.07) is 4.93. The number of esters is 1. The van der Waals surface area contributed by atoms with Gasteiger partial charge in [0, 0.05) is 5.69 Å². The van der Waals surface area contributed by atoms with Crippen LogP contribution >= 0.6 is 0 Å². The summed E-state index contributed by atoms with van der Waals surface area (Å²) >= 11 is 0. The Morgan fingerprint density at radius 3 is 2.89 bits per heavy atom. The molecule has 6 nitrogen and oxygen atoms in total. The van der Waals surface area contributed by atoms with Gasteiger partial charge in [0.15, 0.2) is 0 Å². The Hall–Kier alpha value is -1.92. The average Bonchev–Trinajstić information content (AvgIpc) is 2.76. The number of fused-ring (bicyclic) bond motifs is 1. The molecular weight excluding hydrogens is 250 g/mol. The van der Waals surface area contributed by atoms with Crippen molar-refractivity contribution >= 4 is 17.6 Å². The Morgan fingerprint density at radius 2 is 2.21 bits per heavy atom. The van der Waals surface area contributed by atoms with Gasteiger partial charge in [-0.05, 0) is 17.2 Å². The number of aliphatic hydroxyl groups is 2. The third-order valence-corrected chi connectivity index (χ3v) is 3.06. The molecule has 2 rings (SSSR count). The Morgan fingerprint density at radius 1 is 1.47 bits per heavy atom. The maximum absolute atomic E-state index is 11.2. The molecule has 19 heavy (non-hydrogen) atoms. The Bertz CT molecular complexity index is 514. The molecule has 0 saturated heterocycles. The van der Waals surface area contributed by atoms with E-state index < -0.39 is 18.2 Å². The van der Waals surface area contributed by atoms with Crippen molar-refractivity contribution in [3.8, 4) is 0 Å². The van der Waals surface area contributed by atoms with Crippen LogP contribution in [0.15, 0.2) is 18.2 Å². The molecule has 0 aromatic heterocycles. The standard InChI is InChI=1S/C13H15NO5/c1-19-12(17)6-10(15)13(18)7-2-3-9-8(4-7)5-11(16)14-9/h2-4,10,13,15,18H,5-6H2,1H3,(H,14,16). The first kappa shape index (κ1) is 13.5. The second-order valence-corrected chi connectivity index (χ2v) is 4.43. The van der Waals surface area contributed by atoms with Crippen LogP contribution in [0.2, 0.25) is 0 Å². The molecule has 1 aliphatic heterocycles. The van der Waals surface area contributed by atoms with Crippen LogP contribution in [0.25, 0.3) is 0 Å². The minimum absolute atomic E-state index is 0.100. The van der Waals surface area contributed by atoms with E-state index in [9.17, 15) is 19.8 Å². The van der Waals surface area contributed by atoms with E-state index in [1.54, 1.807) is 18.2 Å². The van der Waals surface area contributed by atoms with E-state index in [4.69, 9.17) is 0 Å². The summed E-state index contributed by atoms with van der Waals surface area (Å²) in [7, 11) is 1.22. The molecule has 0 aliphatic carbocycles. The van der Waals surface area contributed by atoms with Crippen LogP contribution in [0.4, 0.5) is 5.69 Å². The van der Waals surface area contributed by atoms with Gasteiger partial charge in [0.1, 0.15) is 6.10 Å². The molecule has 0 bridgehead atoms. The van der Waals surface area contributed by atoms with E-state index in [2.05, 4.69) is 10.1 Å². The van der Waals surface area contributed by atoms with Crippen LogP contribution in [0.3, 0.4) is 0 Å². The number of carbonyl (C=O) groups excluding carboxylic acids is 2. The van der Waals surface area contributed by atoms with E-state index in [1.165, 1.54) is 7.11 Å². The molecule has 1 aromatic rings. The third kappa shape index (κ3) is 2.91. The van der Waals surface area contributed by atoms with Gasteiger partial charge < -0.3 is 20.3 Å². The average molecular weight is 265 g/mol. The molecule has 0 saturated carbocycles. The summed E-state index contributed by atoms with van der Waals surface area (Å²) in [6.07, 6.45) is -2.47. The first-order valence-electron chi connectivity index (χ1n) is 5.87. The molecule has 6 heteroatoms. The van der Waals surface area contributed by atoms with Crippen LogP contribution in [0, 0.1) is 0 Å². The quantitative estimate of drug-likeness (QED) is 0.673. The maximum atomic E-state index is 11.2. The number of carbonyl (C=O) groups is 2. The molecule has 1 aliphatic rings. The second kappa shape index (κ2) is 5.38. The summed E-state index contributed by atoms with van der Waals surface area (Å²) in [5.74, 6) is -0.693. The Kier molecular flexibility index (Phi) is 3.82. The van der Waals surface area contributed by atoms with Crippen molar-refractivity contribution in [3.05, 3.63) is 29.3 Å². The van der Waals surface area contributed by atoms with E-state index in [-0.39, 0.29) is 18.7 Å². The van der Waals surface area contributed by atoms with Gasteiger partial charge in [0.25, 0.3) is 0 Å². The number of benzene rings is 1. The second-order valence-electron chi connectivity index (χ2n) is 4.43. The summed E-state index contributed by atoms with van der Waals surface area (Å²) in [5, 5.41) is 22.4. The van der Waals surface area contributed by atoms with Crippen molar-refractivity contribution in [1.29, 1.82) is 0 Å². The number of hydrogen-bond donors (Lipinski definition) is 3. The minimum Gasteiger partial charge on any atom is -0.469 e. The van der Waals surface area contributed by atoms with E-state index in [0.29, 0.717) is 11.3 Å². The van der Waals surface area contributed by atoms with Gasteiger partial charge >= 0.3 is 5.97 Å². The topological polar surface area (TPSA) is 95.9 Å². The zero-order valence-electron chi connectivity index (χ0n) is 10.4. The fraction of sp³-hybridized carbons (Fsp3) is 0.385. The molecule has 1 aromatic carbocycles. The van der Waals surface area contributed by atoms with Gasteiger partial charge in [-0.1, -0.05) is 12.1 Å². The minimum atomic E-state index is -1.24. The number of nitrogens with one attached hydrogen (secondary N) is 1. The molecule has 3 N–H and O–H groups in total. The highest BCUT2D eigenvalue weighted by molar-refractivity contribution is 5.99. The van der Waals surface area contributed by atoms with Gasteiger partial charge in [0.05, 0.1) is 26.1 Å². The predicted octanol–water partition coefficient (Wildman–Crippen LogP) is 0.139. The summed E-state index contributed by atoms with van der Waals surface area (Å²) in [4.78, 5) is 22.3. The van der Waals surface area contributed by atoms with Gasteiger partial charge in [0.2, 0.25) is 5.91 Å². The first-order valence-corrected chi connectivity index (χ1v) is 5.87. The number of anilines is 1. The van der Waals surface area contributed by atoms with Gasteiger partial charge in [-0.15, -0.1) is 0 Å². The normalized spacial score (nSPS) is 16.5. The van der Waals surface area contributed by atoms with Crippen molar-refractivity contribution in [3.63, 3.8) is 0 Å². The maximum Gasteiger partial charge on any atom is 0.308 e. The van der Waals surface area contributed by atoms with Crippen molar-refractivity contribution in [2.75, 3.05) is 12.4 Å². The van der Waals surface area contributed by atoms with Crippen molar-refractivity contribution in [2.45, 2.75) is 25.0 Å². The van der Waals surface area contributed by atoms with Gasteiger partial charge in [-0.25, -0.2) is 0 Å². The Balaban J connectivity index is 2.12.